The van der Waals surface area contributed by atoms with Crippen LogP contribution in [0, 0.1) is 0 Å². The molecule has 106 valence electrons. The second kappa shape index (κ2) is 7.25. The van der Waals surface area contributed by atoms with Gasteiger partial charge in [0.05, 0.1) is 16.2 Å². The molecule has 1 rings (SSSR count). The fraction of sp³-hybridized carbons (Fsp3) is 0.462. The quantitative estimate of drug-likeness (QED) is 0.710. The van der Waals surface area contributed by atoms with E-state index in [1.807, 2.05) is 0 Å². The highest BCUT2D eigenvalue weighted by Gasteiger charge is 2.14. The van der Waals surface area contributed by atoms with Crippen LogP contribution < -0.4 is 0 Å². The molecule has 6 heteroatoms. The van der Waals surface area contributed by atoms with Crippen molar-refractivity contribution in [2.75, 3.05) is 12.4 Å². The summed E-state index contributed by atoms with van der Waals surface area (Å²) in [6.45, 7) is 0.128. The third kappa shape index (κ3) is 5.00. The van der Waals surface area contributed by atoms with Crippen LogP contribution in [-0.2, 0) is 9.84 Å². The molecule has 0 atom stereocenters. The van der Waals surface area contributed by atoms with Gasteiger partial charge in [-0.1, -0.05) is 12.8 Å². The fourth-order valence-electron chi connectivity index (χ4n) is 1.68. The predicted octanol–water partition coefficient (Wildman–Crippen LogP) is 1.71. The Kier molecular flexibility index (Phi) is 5.98. The van der Waals surface area contributed by atoms with E-state index in [0.717, 1.165) is 12.8 Å². The van der Waals surface area contributed by atoms with Crippen LogP contribution in [0.4, 0.5) is 0 Å². The zero-order chi connectivity index (χ0) is 14.3. The monoisotopic (exact) mass is 286 g/mol. The van der Waals surface area contributed by atoms with Crippen molar-refractivity contribution in [3.8, 4) is 0 Å². The summed E-state index contributed by atoms with van der Waals surface area (Å²) >= 11 is 0. The lowest BCUT2D eigenvalue weighted by Gasteiger charge is -2.05. The van der Waals surface area contributed by atoms with Crippen LogP contribution in [0.25, 0.3) is 0 Å². The molecule has 0 aromatic heterocycles. The van der Waals surface area contributed by atoms with Crippen LogP contribution in [0.5, 0.6) is 0 Å². The molecule has 0 fully saturated rings. The molecule has 0 aliphatic carbocycles. The maximum atomic E-state index is 11.9. The molecule has 0 amide bonds. The molecule has 1 aromatic carbocycles. The smallest absolute Gasteiger partial charge is 0.335 e. The average Bonchev–Trinajstić information content (AvgIpc) is 2.38. The molecular formula is C13H18O5S. The minimum Gasteiger partial charge on any atom is -0.478 e. The SMILES string of the molecule is O=C(O)c1ccc(S(=O)(=O)CCCCCCO)cc1. The van der Waals surface area contributed by atoms with Gasteiger partial charge in [-0.2, -0.15) is 0 Å². The van der Waals surface area contributed by atoms with Gasteiger partial charge < -0.3 is 10.2 Å². The Morgan fingerprint density at radius 3 is 2.11 bits per heavy atom. The molecule has 19 heavy (non-hydrogen) atoms. The van der Waals surface area contributed by atoms with Crippen molar-refractivity contribution in [2.24, 2.45) is 0 Å². The third-order valence-electron chi connectivity index (χ3n) is 2.78. The number of carboxylic acid groups (broad SMARTS) is 1. The van der Waals surface area contributed by atoms with Crippen molar-refractivity contribution >= 4 is 15.8 Å². The lowest BCUT2D eigenvalue weighted by atomic mass is 10.2. The number of carboxylic acids is 1. The summed E-state index contributed by atoms with van der Waals surface area (Å²) in [6.07, 6.45) is 2.80. The zero-order valence-electron chi connectivity index (χ0n) is 10.6. The van der Waals surface area contributed by atoms with E-state index in [9.17, 15) is 13.2 Å². The van der Waals surface area contributed by atoms with Crippen molar-refractivity contribution in [3.05, 3.63) is 29.8 Å². The van der Waals surface area contributed by atoms with Gasteiger partial charge in [0.25, 0.3) is 0 Å². The lowest BCUT2D eigenvalue weighted by Crippen LogP contribution is -2.07. The minimum absolute atomic E-state index is 0.0465. The maximum absolute atomic E-state index is 11.9. The molecule has 0 unspecified atom stereocenters. The number of aromatic carboxylic acids is 1. The Morgan fingerprint density at radius 2 is 1.58 bits per heavy atom. The fourth-order valence-corrected chi connectivity index (χ4v) is 3.05. The number of aliphatic hydroxyl groups is 1. The molecular weight excluding hydrogens is 268 g/mol. The first-order valence-corrected chi connectivity index (χ1v) is 7.79. The minimum atomic E-state index is -3.35. The second-order valence-electron chi connectivity index (χ2n) is 4.29. The van der Waals surface area contributed by atoms with E-state index in [4.69, 9.17) is 10.2 Å². The second-order valence-corrected chi connectivity index (χ2v) is 6.40. The van der Waals surface area contributed by atoms with E-state index in [2.05, 4.69) is 0 Å². The number of hydrogen-bond acceptors (Lipinski definition) is 4. The van der Waals surface area contributed by atoms with E-state index in [1.165, 1.54) is 24.3 Å². The molecule has 0 saturated carbocycles. The van der Waals surface area contributed by atoms with Crippen LogP contribution in [-0.4, -0.2) is 37.0 Å². The summed E-state index contributed by atoms with van der Waals surface area (Å²) in [5.74, 6) is -1.03. The van der Waals surface area contributed by atoms with Crippen molar-refractivity contribution < 1.29 is 23.4 Å². The summed E-state index contributed by atoms with van der Waals surface area (Å²) in [5.41, 5.74) is 0.0712. The largest absolute Gasteiger partial charge is 0.478 e. The Labute approximate surface area is 112 Å². The maximum Gasteiger partial charge on any atom is 0.335 e. The predicted molar refractivity (Wildman–Crippen MR) is 71.0 cm³/mol. The Bertz CT molecular complexity index is 504. The summed E-state index contributed by atoms with van der Waals surface area (Å²) in [4.78, 5) is 10.8. The number of carbonyl (C=O) groups is 1. The van der Waals surface area contributed by atoms with Crippen molar-refractivity contribution in [2.45, 2.75) is 30.6 Å². The van der Waals surface area contributed by atoms with E-state index < -0.39 is 15.8 Å². The van der Waals surface area contributed by atoms with E-state index >= 15 is 0 Å². The molecule has 5 nitrogen and oxygen atoms in total. The third-order valence-corrected chi connectivity index (χ3v) is 4.60. The first-order valence-electron chi connectivity index (χ1n) is 6.14. The van der Waals surface area contributed by atoms with E-state index in [0.29, 0.717) is 12.8 Å². The Morgan fingerprint density at radius 1 is 1.00 bits per heavy atom. The molecule has 1 aromatic rings. The molecule has 0 bridgehead atoms. The number of benzene rings is 1. The van der Waals surface area contributed by atoms with Crippen LogP contribution >= 0.6 is 0 Å². The molecule has 0 saturated heterocycles. The number of aliphatic hydroxyl groups excluding tert-OH is 1. The number of unbranched alkanes of at least 4 members (excludes halogenated alkanes) is 3. The van der Waals surface area contributed by atoms with Gasteiger partial charge >= 0.3 is 5.97 Å². The summed E-state index contributed by atoms with van der Waals surface area (Å²) < 4.78 is 23.9. The van der Waals surface area contributed by atoms with Gasteiger partial charge in [0.2, 0.25) is 0 Å². The van der Waals surface area contributed by atoms with Gasteiger partial charge in [-0.05, 0) is 37.1 Å². The Balaban J connectivity index is 2.59. The zero-order valence-corrected chi connectivity index (χ0v) is 11.4. The highest BCUT2D eigenvalue weighted by molar-refractivity contribution is 7.91. The van der Waals surface area contributed by atoms with Gasteiger partial charge in [0.1, 0.15) is 0 Å². The van der Waals surface area contributed by atoms with Crippen LogP contribution in [0.15, 0.2) is 29.2 Å². The molecule has 0 radical (unpaired) electrons. The standard InChI is InChI=1S/C13H18O5S/c14-9-3-1-2-4-10-19(17,18)12-7-5-11(6-8-12)13(15)16/h5-8,14H,1-4,9-10H2,(H,15,16). The van der Waals surface area contributed by atoms with Gasteiger partial charge in [0.15, 0.2) is 9.84 Å². The van der Waals surface area contributed by atoms with Crippen molar-refractivity contribution in [3.63, 3.8) is 0 Å². The first-order chi connectivity index (χ1) is 8.97. The van der Waals surface area contributed by atoms with Gasteiger partial charge in [0, 0.05) is 6.61 Å². The van der Waals surface area contributed by atoms with Gasteiger partial charge in [-0.3, -0.25) is 0 Å². The molecule has 0 heterocycles. The lowest BCUT2D eigenvalue weighted by molar-refractivity contribution is 0.0696. The normalized spacial score (nSPS) is 11.4. The van der Waals surface area contributed by atoms with Crippen LogP contribution in [0.3, 0.4) is 0 Å². The molecule has 2 N–H and O–H groups in total. The Hall–Kier alpha value is -1.40. The summed E-state index contributed by atoms with van der Waals surface area (Å²) in [6, 6.07) is 5.24. The van der Waals surface area contributed by atoms with Gasteiger partial charge in [-0.25, -0.2) is 13.2 Å². The number of hydrogen-bond donors (Lipinski definition) is 2. The van der Waals surface area contributed by atoms with Crippen LogP contribution in [0.1, 0.15) is 36.0 Å². The summed E-state index contributed by atoms with van der Waals surface area (Å²) in [5, 5.41) is 17.3. The molecule has 0 aliphatic heterocycles. The highest BCUT2D eigenvalue weighted by Crippen LogP contribution is 2.14. The van der Waals surface area contributed by atoms with Gasteiger partial charge in [-0.15, -0.1) is 0 Å². The van der Waals surface area contributed by atoms with Crippen molar-refractivity contribution in [1.82, 2.24) is 0 Å². The van der Waals surface area contributed by atoms with Crippen molar-refractivity contribution in [1.29, 1.82) is 0 Å². The first kappa shape index (κ1) is 15.7. The summed E-state index contributed by atoms with van der Waals surface area (Å²) in [7, 11) is -3.35. The van der Waals surface area contributed by atoms with E-state index in [1.54, 1.807) is 0 Å². The van der Waals surface area contributed by atoms with E-state index in [-0.39, 0.29) is 22.8 Å². The topological polar surface area (TPSA) is 91.7 Å². The number of rotatable bonds is 8. The average molecular weight is 286 g/mol. The number of sulfone groups is 1. The molecule has 0 aliphatic rings. The molecule has 0 spiro atoms. The van der Waals surface area contributed by atoms with Crippen LogP contribution in [0.2, 0.25) is 0 Å². The highest BCUT2D eigenvalue weighted by atomic mass is 32.2.